The first-order chi connectivity index (χ1) is 9.58. The van der Waals surface area contributed by atoms with Crippen LogP contribution in [0.1, 0.15) is 37.0 Å². The van der Waals surface area contributed by atoms with Crippen LogP contribution in [0.3, 0.4) is 0 Å². The van der Waals surface area contributed by atoms with E-state index in [1.807, 2.05) is 0 Å². The first kappa shape index (κ1) is 16.8. The summed E-state index contributed by atoms with van der Waals surface area (Å²) in [5.74, 6) is -0.401. The van der Waals surface area contributed by atoms with Crippen molar-refractivity contribution in [1.82, 2.24) is 4.90 Å². The number of hydrogen-bond donors (Lipinski definition) is 1. The van der Waals surface area contributed by atoms with E-state index in [9.17, 15) is 4.79 Å². The number of halogens is 1. The topological polar surface area (TPSA) is 55.6 Å². The summed E-state index contributed by atoms with van der Waals surface area (Å²) in [5, 5.41) is 0.327. The number of unbranched alkanes of at least 4 members (excludes halogenated alkanes) is 1. The van der Waals surface area contributed by atoms with E-state index in [2.05, 4.69) is 18.7 Å². The third-order valence-electron chi connectivity index (χ3n) is 3.13. The maximum Gasteiger partial charge on any atom is 0.339 e. The summed E-state index contributed by atoms with van der Waals surface area (Å²) in [5.41, 5.74) is 6.48. The second-order valence-electron chi connectivity index (χ2n) is 4.66. The van der Waals surface area contributed by atoms with Crippen LogP contribution in [0.15, 0.2) is 18.2 Å². The molecule has 112 valence electrons. The summed E-state index contributed by atoms with van der Waals surface area (Å²) in [6, 6.07) is 4.79. The molecule has 0 aliphatic heterocycles. The predicted molar refractivity (Wildman–Crippen MR) is 83.2 cm³/mol. The van der Waals surface area contributed by atoms with Gasteiger partial charge in [-0.1, -0.05) is 31.9 Å². The molecule has 0 atom stereocenters. The number of likely N-dealkylation sites (N-methyl/N-ethyl adjacent to an activating group) is 1. The van der Waals surface area contributed by atoms with E-state index in [1.165, 1.54) is 0 Å². The highest BCUT2D eigenvalue weighted by Gasteiger charge is 2.12. The first-order valence-corrected chi connectivity index (χ1v) is 7.40. The van der Waals surface area contributed by atoms with Gasteiger partial charge < -0.3 is 15.4 Å². The summed E-state index contributed by atoms with van der Waals surface area (Å²) in [6.07, 6.45) is 2.32. The van der Waals surface area contributed by atoms with Crippen molar-refractivity contribution in [2.45, 2.75) is 26.7 Å². The molecule has 0 aromatic heterocycles. The van der Waals surface area contributed by atoms with Crippen molar-refractivity contribution < 1.29 is 9.53 Å². The van der Waals surface area contributed by atoms with Crippen molar-refractivity contribution in [3.63, 3.8) is 0 Å². The number of nitrogens with zero attached hydrogens (tertiary/aromatic N) is 1. The summed E-state index contributed by atoms with van der Waals surface area (Å²) in [7, 11) is 0. The quantitative estimate of drug-likeness (QED) is 0.591. The number of rotatable bonds is 8. The molecule has 0 fully saturated rings. The summed E-state index contributed by atoms with van der Waals surface area (Å²) < 4.78 is 5.26. The number of nitrogen functional groups attached to an aromatic ring is 1. The predicted octanol–water partition coefficient (Wildman–Crippen LogP) is 3.20. The van der Waals surface area contributed by atoms with Crippen LogP contribution in [0.5, 0.6) is 0 Å². The lowest BCUT2D eigenvalue weighted by atomic mass is 10.2. The van der Waals surface area contributed by atoms with Crippen molar-refractivity contribution in [1.29, 1.82) is 0 Å². The van der Waals surface area contributed by atoms with E-state index >= 15 is 0 Å². The van der Waals surface area contributed by atoms with Gasteiger partial charge in [0.2, 0.25) is 0 Å². The molecule has 0 bridgehead atoms. The third-order valence-corrected chi connectivity index (χ3v) is 3.44. The third kappa shape index (κ3) is 5.39. The Labute approximate surface area is 125 Å². The molecule has 20 heavy (non-hydrogen) atoms. The van der Waals surface area contributed by atoms with Gasteiger partial charge in [-0.25, -0.2) is 4.79 Å². The van der Waals surface area contributed by atoms with Crippen molar-refractivity contribution >= 4 is 23.3 Å². The van der Waals surface area contributed by atoms with Crippen LogP contribution in [0.25, 0.3) is 0 Å². The highest BCUT2D eigenvalue weighted by atomic mass is 35.5. The van der Waals surface area contributed by atoms with Gasteiger partial charge in [0, 0.05) is 12.2 Å². The molecule has 0 spiro atoms. The van der Waals surface area contributed by atoms with Gasteiger partial charge >= 0.3 is 5.97 Å². The zero-order valence-corrected chi connectivity index (χ0v) is 12.9. The molecular formula is C15H23ClN2O2. The molecule has 4 nitrogen and oxygen atoms in total. The van der Waals surface area contributed by atoms with E-state index in [-0.39, 0.29) is 0 Å². The Morgan fingerprint density at radius 1 is 1.35 bits per heavy atom. The average molecular weight is 299 g/mol. The zero-order chi connectivity index (χ0) is 15.0. The summed E-state index contributed by atoms with van der Waals surface area (Å²) >= 11 is 5.97. The summed E-state index contributed by atoms with van der Waals surface area (Å²) in [6.45, 7) is 7.38. The van der Waals surface area contributed by atoms with Crippen LogP contribution in [0, 0.1) is 0 Å². The maximum absolute atomic E-state index is 11.9. The van der Waals surface area contributed by atoms with Crippen molar-refractivity contribution in [2.24, 2.45) is 0 Å². The lowest BCUT2D eigenvalue weighted by molar-refractivity contribution is 0.0464. The van der Waals surface area contributed by atoms with Crippen LogP contribution in [-0.4, -0.2) is 37.1 Å². The van der Waals surface area contributed by atoms with Crippen LogP contribution in [0.4, 0.5) is 5.69 Å². The molecule has 1 rings (SSSR count). The highest BCUT2D eigenvalue weighted by molar-refractivity contribution is 6.33. The molecular weight excluding hydrogens is 276 g/mol. The second-order valence-corrected chi connectivity index (χ2v) is 5.07. The molecule has 0 saturated heterocycles. The number of benzene rings is 1. The minimum atomic E-state index is -0.401. The van der Waals surface area contributed by atoms with Crippen molar-refractivity contribution in [3.8, 4) is 0 Å². The Balaban J connectivity index is 2.42. The SMILES string of the molecule is CCCCN(CC)CCOC(=O)c1ccc(N)cc1Cl. The van der Waals surface area contributed by atoms with Crippen LogP contribution >= 0.6 is 11.6 Å². The first-order valence-electron chi connectivity index (χ1n) is 7.03. The number of ether oxygens (including phenoxy) is 1. The molecule has 0 radical (unpaired) electrons. The minimum Gasteiger partial charge on any atom is -0.461 e. The molecule has 0 saturated carbocycles. The van der Waals surface area contributed by atoms with Gasteiger partial charge in [-0.05, 0) is 37.7 Å². The van der Waals surface area contributed by atoms with Gasteiger partial charge in [-0.2, -0.15) is 0 Å². The number of anilines is 1. The fraction of sp³-hybridized carbons (Fsp3) is 0.533. The van der Waals surface area contributed by atoms with E-state index in [4.69, 9.17) is 22.1 Å². The van der Waals surface area contributed by atoms with Crippen LogP contribution in [-0.2, 0) is 4.74 Å². The Morgan fingerprint density at radius 3 is 2.70 bits per heavy atom. The largest absolute Gasteiger partial charge is 0.461 e. The van der Waals surface area contributed by atoms with E-state index < -0.39 is 5.97 Å². The Hall–Kier alpha value is -1.26. The van der Waals surface area contributed by atoms with Gasteiger partial charge in [0.25, 0.3) is 0 Å². The average Bonchev–Trinajstić information content (AvgIpc) is 2.42. The Kier molecular flexibility index (Phi) is 7.41. The van der Waals surface area contributed by atoms with Crippen LogP contribution < -0.4 is 5.73 Å². The Bertz CT molecular complexity index is 438. The van der Waals surface area contributed by atoms with Gasteiger partial charge in [0.1, 0.15) is 6.61 Å². The fourth-order valence-electron chi connectivity index (χ4n) is 1.85. The number of carbonyl (C=O) groups is 1. The number of esters is 1. The van der Waals surface area contributed by atoms with Gasteiger partial charge in [0.15, 0.2) is 0 Å². The van der Waals surface area contributed by atoms with Crippen molar-refractivity contribution in [3.05, 3.63) is 28.8 Å². The lowest BCUT2D eigenvalue weighted by Crippen LogP contribution is -2.29. The molecule has 2 N–H and O–H groups in total. The van der Waals surface area contributed by atoms with E-state index in [1.54, 1.807) is 18.2 Å². The smallest absolute Gasteiger partial charge is 0.339 e. The fourth-order valence-corrected chi connectivity index (χ4v) is 2.12. The normalized spacial score (nSPS) is 10.8. The van der Waals surface area contributed by atoms with Gasteiger partial charge in [0.05, 0.1) is 10.6 Å². The standard InChI is InChI=1S/C15H23ClN2O2/c1-3-5-8-18(4-2)9-10-20-15(19)13-7-6-12(17)11-14(13)16/h6-7,11H,3-5,8-10,17H2,1-2H3. The molecule has 0 aliphatic rings. The monoisotopic (exact) mass is 298 g/mol. The molecule has 0 heterocycles. The highest BCUT2D eigenvalue weighted by Crippen LogP contribution is 2.19. The number of nitrogens with two attached hydrogens (primary N) is 1. The molecule has 0 unspecified atom stereocenters. The van der Waals surface area contributed by atoms with Gasteiger partial charge in [-0.15, -0.1) is 0 Å². The second kappa shape index (κ2) is 8.82. The lowest BCUT2D eigenvalue weighted by Gasteiger charge is -2.19. The Morgan fingerprint density at radius 2 is 2.10 bits per heavy atom. The number of carbonyl (C=O) groups excluding carboxylic acids is 1. The number of hydrogen-bond acceptors (Lipinski definition) is 4. The van der Waals surface area contributed by atoms with Gasteiger partial charge in [-0.3, -0.25) is 0 Å². The van der Waals surface area contributed by atoms with E-state index in [0.29, 0.717) is 22.9 Å². The minimum absolute atomic E-state index is 0.327. The van der Waals surface area contributed by atoms with Crippen molar-refractivity contribution in [2.75, 3.05) is 32.0 Å². The maximum atomic E-state index is 11.9. The molecule has 5 heteroatoms. The summed E-state index contributed by atoms with van der Waals surface area (Å²) in [4.78, 5) is 14.2. The molecule has 0 aliphatic carbocycles. The van der Waals surface area contributed by atoms with Crippen LogP contribution in [0.2, 0.25) is 5.02 Å². The zero-order valence-electron chi connectivity index (χ0n) is 12.2. The van der Waals surface area contributed by atoms with E-state index in [0.717, 1.165) is 32.5 Å². The molecule has 0 amide bonds. The molecule has 1 aromatic rings. The molecule has 1 aromatic carbocycles.